The molecule has 0 spiro atoms. The van der Waals surface area contributed by atoms with E-state index in [1.54, 1.807) is 0 Å². The van der Waals surface area contributed by atoms with Crippen LogP contribution in [0.15, 0.2) is 0 Å². The van der Waals surface area contributed by atoms with E-state index >= 15 is 0 Å². The zero-order valence-corrected chi connectivity index (χ0v) is 13.3. The molecule has 1 unspecified atom stereocenters. The van der Waals surface area contributed by atoms with Crippen LogP contribution in [-0.4, -0.2) is 25.9 Å². The molecule has 0 rings (SSSR count). The normalized spacial score (nSPS) is 15.9. The van der Waals surface area contributed by atoms with Crippen molar-refractivity contribution in [3.05, 3.63) is 0 Å². The molecule has 0 aromatic carbocycles. The molecule has 0 heterocycles. The van der Waals surface area contributed by atoms with Gasteiger partial charge in [-0.3, -0.25) is 0 Å². The van der Waals surface area contributed by atoms with Gasteiger partial charge in [-0.15, -0.1) is 0 Å². The second-order valence-corrected chi connectivity index (χ2v) is 16.2. The first kappa shape index (κ1) is 13.6. The lowest BCUT2D eigenvalue weighted by Crippen LogP contribution is -2.47. The van der Waals surface area contributed by atoms with Crippen molar-refractivity contribution in [1.29, 1.82) is 0 Å². The van der Waals surface area contributed by atoms with Gasteiger partial charge in [-0.05, 0) is 45.3 Å². The Morgan fingerprint density at radius 3 is 1.85 bits per heavy atom. The van der Waals surface area contributed by atoms with E-state index < -0.39 is 25.9 Å². The van der Waals surface area contributed by atoms with Gasteiger partial charge in [-0.2, -0.15) is 0 Å². The molecule has 0 aliphatic rings. The van der Waals surface area contributed by atoms with Gasteiger partial charge in [-0.25, -0.2) is 0 Å². The molecule has 0 saturated heterocycles. The minimum atomic E-state index is -1.80. The average molecular weight is 237 g/mol. The Balaban J connectivity index is 4.08. The summed E-state index contributed by atoms with van der Waals surface area (Å²) in [6.07, 6.45) is 0. The van der Waals surface area contributed by atoms with Crippen LogP contribution in [0.2, 0.25) is 45.3 Å². The van der Waals surface area contributed by atoms with Gasteiger partial charge in [0.1, 0.15) is 0 Å². The quantitative estimate of drug-likeness (QED) is 0.684. The van der Waals surface area contributed by atoms with Crippen LogP contribution in [0.3, 0.4) is 0 Å². The highest BCUT2D eigenvalue weighted by Crippen LogP contribution is 2.16. The third-order valence-corrected chi connectivity index (χ3v) is 11.1. The van der Waals surface area contributed by atoms with Crippen molar-refractivity contribution in [2.45, 2.75) is 52.2 Å². The van der Waals surface area contributed by atoms with Gasteiger partial charge in [0.25, 0.3) is 0 Å². The van der Waals surface area contributed by atoms with Crippen LogP contribution in [0.1, 0.15) is 6.92 Å². The van der Waals surface area contributed by atoms with Crippen molar-refractivity contribution in [2.75, 3.05) is 0 Å². The highest BCUT2D eigenvalue weighted by Gasteiger charge is 2.32. The molecule has 5 heteroatoms. The third-order valence-electron chi connectivity index (χ3n) is 1.61. The van der Waals surface area contributed by atoms with Crippen molar-refractivity contribution < 1.29 is 8.23 Å². The fourth-order valence-corrected chi connectivity index (χ4v) is 12.4. The van der Waals surface area contributed by atoms with E-state index in [9.17, 15) is 0 Å². The van der Waals surface area contributed by atoms with E-state index in [2.05, 4.69) is 46.2 Å². The van der Waals surface area contributed by atoms with Crippen LogP contribution in [0, 0.1) is 0 Å². The number of hydrogen-bond donors (Lipinski definition) is 0. The van der Waals surface area contributed by atoms with Gasteiger partial charge >= 0.3 is 8.56 Å². The van der Waals surface area contributed by atoms with E-state index in [-0.39, 0.29) is 0 Å². The molecule has 2 nitrogen and oxygen atoms in total. The molecule has 0 aliphatic heterocycles. The van der Waals surface area contributed by atoms with E-state index in [1.165, 1.54) is 6.04 Å². The molecule has 0 amide bonds. The summed E-state index contributed by atoms with van der Waals surface area (Å²) in [6.45, 7) is 15.5. The first-order chi connectivity index (χ1) is 5.66. The Morgan fingerprint density at radius 2 is 1.54 bits per heavy atom. The Bertz CT molecular complexity index is 154. The maximum Gasteiger partial charge on any atom is 0.310 e. The summed E-state index contributed by atoms with van der Waals surface area (Å²) in [7, 11) is -4.15. The second-order valence-electron chi connectivity index (χ2n) is 4.95. The molecule has 13 heavy (non-hydrogen) atoms. The van der Waals surface area contributed by atoms with E-state index in [4.69, 9.17) is 8.23 Å². The number of hydrogen-bond acceptors (Lipinski definition) is 2. The standard InChI is InChI=1S/C8H24O2Si3/c1-8-11(2)9-13(6,7)10-12(3,4)5/h11H,8H2,1-7H3. The molecular weight excluding hydrogens is 212 g/mol. The van der Waals surface area contributed by atoms with E-state index in [0.717, 1.165) is 0 Å². The molecular formula is C8H24O2Si3. The summed E-state index contributed by atoms with van der Waals surface area (Å²) in [5.41, 5.74) is 0. The average Bonchev–Trinajstić information content (AvgIpc) is 1.80. The van der Waals surface area contributed by atoms with Crippen LogP contribution in [0.25, 0.3) is 0 Å². The van der Waals surface area contributed by atoms with Gasteiger partial charge < -0.3 is 8.23 Å². The second kappa shape index (κ2) is 4.88. The van der Waals surface area contributed by atoms with E-state index in [0.29, 0.717) is 0 Å². The zero-order chi connectivity index (χ0) is 10.7. The minimum Gasteiger partial charge on any atom is -0.439 e. The van der Waals surface area contributed by atoms with Crippen LogP contribution >= 0.6 is 0 Å². The molecule has 0 radical (unpaired) electrons. The fourth-order valence-electron chi connectivity index (χ4n) is 1.33. The molecule has 1 atom stereocenters. The van der Waals surface area contributed by atoms with Gasteiger partial charge in [-0.1, -0.05) is 6.92 Å². The molecule has 0 aliphatic carbocycles. The van der Waals surface area contributed by atoms with Gasteiger partial charge in [0, 0.05) is 0 Å². The van der Waals surface area contributed by atoms with Crippen molar-refractivity contribution >= 4 is 25.9 Å². The molecule has 0 bridgehead atoms. The fraction of sp³-hybridized carbons (Fsp3) is 1.00. The summed E-state index contributed by atoms with van der Waals surface area (Å²) in [5.74, 6) is 0. The Hall–Kier alpha value is 0.571. The summed E-state index contributed by atoms with van der Waals surface area (Å²) in [4.78, 5) is 0. The lowest BCUT2D eigenvalue weighted by Gasteiger charge is -2.33. The summed E-state index contributed by atoms with van der Waals surface area (Å²) >= 11 is 0. The van der Waals surface area contributed by atoms with E-state index in [1.807, 2.05) is 0 Å². The Morgan fingerprint density at radius 1 is 1.08 bits per heavy atom. The topological polar surface area (TPSA) is 18.5 Å². The summed E-state index contributed by atoms with van der Waals surface area (Å²) < 4.78 is 12.1. The molecule has 0 aromatic rings. The zero-order valence-electron chi connectivity index (χ0n) is 10.1. The largest absolute Gasteiger partial charge is 0.439 e. The molecule has 80 valence electrons. The van der Waals surface area contributed by atoms with Crippen molar-refractivity contribution in [3.63, 3.8) is 0 Å². The van der Waals surface area contributed by atoms with Crippen LogP contribution in [0.5, 0.6) is 0 Å². The number of rotatable bonds is 5. The first-order valence-electron chi connectivity index (χ1n) is 5.04. The monoisotopic (exact) mass is 236 g/mol. The lowest BCUT2D eigenvalue weighted by molar-refractivity contribution is 0.402. The Labute approximate surface area is 86.8 Å². The SMILES string of the molecule is CC[SiH](C)O[Si](C)(C)O[Si](C)(C)C. The molecule has 0 N–H and O–H groups in total. The third kappa shape index (κ3) is 7.63. The first-order valence-corrected chi connectivity index (χ1v) is 13.7. The van der Waals surface area contributed by atoms with Crippen molar-refractivity contribution in [2.24, 2.45) is 0 Å². The maximum atomic E-state index is 6.09. The summed E-state index contributed by atoms with van der Waals surface area (Å²) in [5, 5.41) is 0. The smallest absolute Gasteiger partial charge is 0.310 e. The molecule has 0 aromatic heterocycles. The predicted octanol–water partition coefficient (Wildman–Crippen LogP) is 2.93. The van der Waals surface area contributed by atoms with Gasteiger partial charge in [0.05, 0.1) is 0 Å². The minimum absolute atomic E-state index is 0.937. The highest BCUT2D eigenvalue weighted by molar-refractivity contribution is 6.84. The van der Waals surface area contributed by atoms with Crippen LogP contribution in [0.4, 0.5) is 0 Å². The van der Waals surface area contributed by atoms with Gasteiger partial charge in [0.2, 0.25) is 0 Å². The summed E-state index contributed by atoms with van der Waals surface area (Å²) in [6, 6.07) is 1.20. The van der Waals surface area contributed by atoms with Crippen molar-refractivity contribution in [3.8, 4) is 0 Å². The molecule has 0 fully saturated rings. The maximum absolute atomic E-state index is 6.09. The predicted molar refractivity (Wildman–Crippen MR) is 66.5 cm³/mol. The van der Waals surface area contributed by atoms with Gasteiger partial charge in [0.15, 0.2) is 17.4 Å². The van der Waals surface area contributed by atoms with Crippen molar-refractivity contribution in [1.82, 2.24) is 0 Å². The molecule has 0 saturated carbocycles. The van der Waals surface area contributed by atoms with Crippen LogP contribution < -0.4 is 0 Å². The Kier molecular flexibility index (Phi) is 5.09. The van der Waals surface area contributed by atoms with Crippen LogP contribution in [-0.2, 0) is 8.23 Å². The highest BCUT2D eigenvalue weighted by atomic mass is 28.5. The lowest BCUT2D eigenvalue weighted by atomic mass is 11.0.